The number of amides is 1. The van der Waals surface area contributed by atoms with Crippen molar-refractivity contribution in [2.24, 2.45) is 10.9 Å². The van der Waals surface area contributed by atoms with Crippen molar-refractivity contribution in [3.8, 4) is 0 Å². The molecule has 170 valence electrons. The van der Waals surface area contributed by atoms with Gasteiger partial charge in [0, 0.05) is 19.8 Å². The Hall–Kier alpha value is -3.03. The predicted octanol–water partition coefficient (Wildman–Crippen LogP) is 4.95. The van der Waals surface area contributed by atoms with Gasteiger partial charge in [0.15, 0.2) is 11.7 Å². The average molecular weight is 433 g/mol. The van der Waals surface area contributed by atoms with E-state index in [1.165, 1.54) is 6.08 Å². The smallest absolute Gasteiger partial charge is 0.248 e. The van der Waals surface area contributed by atoms with Crippen molar-refractivity contribution in [1.29, 1.82) is 0 Å². The molecule has 8 heteroatoms. The molecule has 0 fully saturated rings. The van der Waals surface area contributed by atoms with Crippen molar-refractivity contribution in [3.05, 3.63) is 60.1 Å². The summed E-state index contributed by atoms with van der Waals surface area (Å²) in [5, 5.41) is 6.50. The van der Waals surface area contributed by atoms with Gasteiger partial charge in [0.1, 0.15) is 18.2 Å². The average Bonchev–Trinajstić information content (AvgIpc) is 3.33. The molecule has 1 aliphatic heterocycles. The number of aryl methyl sites for hydroxylation is 1. The SMILES string of the molecule is C=C(F)CC/C(=C\C)C(=C)C1N=C(C(C)C)OC1/C=C/C(=O)N[C@H](C)c1nc(C)no1.[HH]. The molecule has 2 heterocycles. The number of aliphatic imine (C=N–C) groups is 1. The quantitative estimate of drug-likeness (QED) is 0.418. The third-order valence-corrected chi connectivity index (χ3v) is 4.82. The molecule has 31 heavy (non-hydrogen) atoms. The summed E-state index contributed by atoms with van der Waals surface area (Å²) in [4.78, 5) is 21.2. The van der Waals surface area contributed by atoms with E-state index >= 15 is 0 Å². The molecule has 0 bridgehead atoms. The number of ether oxygens (including phenoxy) is 1. The molecule has 1 amide bonds. The highest BCUT2D eigenvalue weighted by molar-refractivity contribution is 5.88. The molecular formula is C23H33FN4O3. The third kappa shape index (κ3) is 6.73. The van der Waals surface area contributed by atoms with Crippen molar-refractivity contribution in [1.82, 2.24) is 15.5 Å². The summed E-state index contributed by atoms with van der Waals surface area (Å²) in [6.07, 6.45) is 5.18. The fraction of sp³-hybridized carbons (Fsp3) is 0.478. The Balaban J connectivity index is 0.00000512. The standard InChI is InChI=1S/C23H31FN4O3.H2/c1-8-18(10-9-14(4)24)15(5)21-19(30-22(27-21)13(2)3)11-12-20(29)25-16(6)23-26-17(7)28-31-23;/h8,11-13,16,19,21H,4-5,9-10H2,1-3,6-7H3,(H,25,29);1H/b12-11+,18-8+;/t16-,19?,21?;/m1./s1. The van der Waals surface area contributed by atoms with E-state index in [-0.39, 0.29) is 25.5 Å². The Morgan fingerprint density at radius 2 is 2.03 bits per heavy atom. The van der Waals surface area contributed by atoms with Crippen LogP contribution in [-0.4, -0.2) is 34.1 Å². The Morgan fingerprint density at radius 1 is 1.32 bits per heavy atom. The van der Waals surface area contributed by atoms with E-state index in [0.29, 0.717) is 24.0 Å². The maximum Gasteiger partial charge on any atom is 0.248 e. The molecule has 0 saturated carbocycles. The van der Waals surface area contributed by atoms with Crippen LogP contribution in [0.5, 0.6) is 0 Å². The van der Waals surface area contributed by atoms with Crippen LogP contribution in [-0.2, 0) is 9.53 Å². The minimum absolute atomic E-state index is 0. The summed E-state index contributed by atoms with van der Waals surface area (Å²) in [6.45, 7) is 16.8. The van der Waals surface area contributed by atoms with Crippen LogP contribution in [0.25, 0.3) is 0 Å². The summed E-state index contributed by atoms with van der Waals surface area (Å²) in [7, 11) is 0. The van der Waals surface area contributed by atoms with Crippen LogP contribution in [0.4, 0.5) is 4.39 Å². The maximum atomic E-state index is 13.1. The van der Waals surface area contributed by atoms with Gasteiger partial charge in [-0.3, -0.25) is 4.79 Å². The van der Waals surface area contributed by atoms with Crippen LogP contribution < -0.4 is 5.32 Å². The second kappa shape index (κ2) is 10.8. The third-order valence-electron chi connectivity index (χ3n) is 4.82. The molecule has 0 aromatic carbocycles. The number of rotatable bonds is 10. The fourth-order valence-corrected chi connectivity index (χ4v) is 3.10. The number of hydrogen-bond donors (Lipinski definition) is 1. The number of allylic oxidation sites excluding steroid dienone is 2. The molecule has 1 aromatic heterocycles. The van der Waals surface area contributed by atoms with Crippen LogP contribution in [0.1, 0.15) is 59.7 Å². The number of carbonyl (C=O) groups excluding carboxylic acids is 1. The molecule has 0 saturated heterocycles. The van der Waals surface area contributed by atoms with Gasteiger partial charge in [-0.1, -0.05) is 38.2 Å². The summed E-state index contributed by atoms with van der Waals surface area (Å²) in [5.74, 6) is 0.820. The second-order valence-corrected chi connectivity index (χ2v) is 7.77. The first kappa shape index (κ1) is 24.2. The lowest BCUT2D eigenvalue weighted by atomic mass is 9.93. The second-order valence-electron chi connectivity index (χ2n) is 7.77. The highest BCUT2D eigenvalue weighted by Gasteiger charge is 2.33. The summed E-state index contributed by atoms with van der Waals surface area (Å²) in [5.41, 5.74) is 1.63. The molecule has 1 aromatic rings. The zero-order valence-corrected chi connectivity index (χ0v) is 18.8. The van der Waals surface area contributed by atoms with Crippen LogP contribution in [0.3, 0.4) is 0 Å². The summed E-state index contributed by atoms with van der Waals surface area (Å²) < 4.78 is 24.2. The van der Waals surface area contributed by atoms with Crippen molar-refractivity contribution in [3.63, 3.8) is 0 Å². The van der Waals surface area contributed by atoms with Crippen molar-refractivity contribution >= 4 is 11.8 Å². The Kier molecular flexibility index (Phi) is 8.47. The molecule has 2 rings (SSSR count). The number of halogens is 1. The Morgan fingerprint density at radius 3 is 2.58 bits per heavy atom. The van der Waals surface area contributed by atoms with Gasteiger partial charge in [0.2, 0.25) is 11.8 Å². The molecule has 3 atom stereocenters. The zero-order valence-electron chi connectivity index (χ0n) is 18.8. The van der Waals surface area contributed by atoms with E-state index in [9.17, 15) is 9.18 Å². The van der Waals surface area contributed by atoms with E-state index in [1.807, 2.05) is 26.8 Å². The van der Waals surface area contributed by atoms with Crippen molar-refractivity contribution < 1.29 is 19.9 Å². The molecule has 0 spiro atoms. The van der Waals surface area contributed by atoms with E-state index in [4.69, 9.17) is 9.26 Å². The maximum absolute atomic E-state index is 13.1. The van der Waals surface area contributed by atoms with E-state index in [1.54, 1.807) is 19.9 Å². The van der Waals surface area contributed by atoms with E-state index in [0.717, 1.165) is 11.1 Å². The first-order valence-electron chi connectivity index (χ1n) is 10.3. The molecule has 0 aliphatic carbocycles. The van der Waals surface area contributed by atoms with Gasteiger partial charge in [-0.2, -0.15) is 4.98 Å². The van der Waals surface area contributed by atoms with Gasteiger partial charge >= 0.3 is 0 Å². The highest BCUT2D eigenvalue weighted by atomic mass is 19.1. The summed E-state index contributed by atoms with van der Waals surface area (Å²) in [6, 6.07) is -0.823. The highest BCUT2D eigenvalue weighted by Crippen LogP contribution is 2.30. The molecule has 1 N–H and O–H groups in total. The van der Waals surface area contributed by atoms with Gasteiger partial charge in [0.25, 0.3) is 0 Å². The topological polar surface area (TPSA) is 89.6 Å². The van der Waals surface area contributed by atoms with Gasteiger partial charge in [0.05, 0.1) is 5.83 Å². The van der Waals surface area contributed by atoms with Crippen molar-refractivity contribution in [2.75, 3.05) is 0 Å². The first-order valence-corrected chi connectivity index (χ1v) is 10.3. The predicted molar refractivity (Wildman–Crippen MR) is 120 cm³/mol. The molecular weight excluding hydrogens is 399 g/mol. The lowest BCUT2D eigenvalue weighted by Gasteiger charge is -2.19. The van der Waals surface area contributed by atoms with Gasteiger partial charge < -0.3 is 14.6 Å². The minimum atomic E-state index is -0.486. The van der Waals surface area contributed by atoms with Gasteiger partial charge in [-0.15, -0.1) is 0 Å². The molecule has 0 radical (unpaired) electrons. The van der Waals surface area contributed by atoms with Crippen LogP contribution >= 0.6 is 0 Å². The van der Waals surface area contributed by atoms with E-state index < -0.39 is 18.2 Å². The van der Waals surface area contributed by atoms with Crippen LogP contribution in [0.2, 0.25) is 0 Å². The molecule has 7 nitrogen and oxygen atoms in total. The van der Waals surface area contributed by atoms with E-state index in [2.05, 4.69) is 33.6 Å². The van der Waals surface area contributed by atoms with Crippen LogP contribution in [0, 0.1) is 12.8 Å². The van der Waals surface area contributed by atoms with Gasteiger partial charge in [-0.25, -0.2) is 9.38 Å². The van der Waals surface area contributed by atoms with Crippen LogP contribution in [0.15, 0.2) is 57.9 Å². The summed E-state index contributed by atoms with van der Waals surface area (Å²) >= 11 is 0. The monoisotopic (exact) mass is 432 g/mol. The lowest BCUT2D eigenvalue weighted by molar-refractivity contribution is -0.117. The number of nitrogens with zero attached hydrogens (tertiary/aromatic N) is 3. The lowest BCUT2D eigenvalue weighted by Crippen LogP contribution is -2.27. The number of aromatic nitrogens is 2. The number of hydrogen-bond acceptors (Lipinski definition) is 6. The molecule has 1 aliphatic rings. The fourth-order valence-electron chi connectivity index (χ4n) is 3.10. The van der Waals surface area contributed by atoms with Gasteiger partial charge in [-0.05, 0) is 44.4 Å². The Bertz CT molecular complexity index is 920. The Labute approximate surface area is 184 Å². The normalized spacial score (nSPS) is 20.0. The minimum Gasteiger partial charge on any atom is -0.471 e. The number of carbonyl (C=O) groups is 1. The first-order chi connectivity index (χ1) is 14.6. The molecule has 2 unspecified atom stereocenters. The number of nitrogens with one attached hydrogen (secondary N) is 1. The largest absolute Gasteiger partial charge is 0.471 e. The zero-order chi connectivity index (χ0) is 23.1. The van der Waals surface area contributed by atoms with Crippen molar-refractivity contribution in [2.45, 2.75) is 65.6 Å².